The van der Waals surface area contributed by atoms with Gasteiger partial charge in [-0.15, -0.1) is 0 Å². The molecule has 5 heteroatoms. The van der Waals surface area contributed by atoms with Crippen molar-refractivity contribution in [1.29, 1.82) is 0 Å². The van der Waals surface area contributed by atoms with Crippen LogP contribution in [0.1, 0.15) is 36.1 Å². The summed E-state index contributed by atoms with van der Waals surface area (Å²) in [5.74, 6) is 2.10. The van der Waals surface area contributed by atoms with E-state index in [0.717, 1.165) is 63.6 Å². The van der Waals surface area contributed by atoms with Crippen LogP contribution in [0.3, 0.4) is 0 Å². The van der Waals surface area contributed by atoms with Gasteiger partial charge in [0.15, 0.2) is 0 Å². The van der Waals surface area contributed by atoms with E-state index in [-0.39, 0.29) is 0 Å². The highest BCUT2D eigenvalue weighted by Crippen LogP contribution is 2.44. The number of hydrogen-bond acceptors (Lipinski definition) is 5. The molecule has 2 aliphatic heterocycles. The van der Waals surface area contributed by atoms with E-state index in [1.807, 2.05) is 7.11 Å². The lowest BCUT2D eigenvalue weighted by atomic mass is 9.88. The number of nitrogens with zero attached hydrogens (tertiary/aromatic N) is 2. The van der Waals surface area contributed by atoms with Gasteiger partial charge in [0.1, 0.15) is 11.5 Å². The third-order valence-corrected chi connectivity index (χ3v) is 5.46. The molecule has 1 aromatic rings. The summed E-state index contributed by atoms with van der Waals surface area (Å²) in [5, 5.41) is 3.42. The Kier molecular flexibility index (Phi) is 5.64. The molecule has 2 aliphatic rings. The normalized spacial score (nSPS) is 22.2. The fourth-order valence-corrected chi connectivity index (χ4v) is 4.21. The molecule has 1 aromatic carbocycles. The molecule has 0 radical (unpaired) electrons. The topological polar surface area (TPSA) is 37.0 Å². The van der Waals surface area contributed by atoms with Crippen LogP contribution < -0.4 is 14.8 Å². The Hall–Kier alpha value is -1.30. The van der Waals surface area contributed by atoms with Gasteiger partial charge < -0.3 is 14.8 Å². The standard InChI is InChI=1S/C19H31N3O2/c1-5-16-18-15(6-9-21(16)2)19(24-4)14(12-17(18)23-3)13-22-10-7-20-8-11-22/h12,16,20H,5-11,13H2,1-4H3. The van der Waals surface area contributed by atoms with Crippen molar-refractivity contribution < 1.29 is 9.47 Å². The molecule has 0 aromatic heterocycles. The minimum atomic E-state index is 0.408. The molecule has 0 saturated carbocycles. The fraction of sp³-hybridized carbons (Fsp3) is 0.684. The van der Waals surface area contributed by atoms with Gasteiger partial charge in [0.2, 0.25) is 0 Å². The number of piperazine rings is 1. The number of likely N-dealkylation sites (N-methyl/N-ethyl adjacent to an activating group) is 1. The fourth-order valence-electron chi connectivity index (χ4n) is 4.21. The minimum Gasteiger partial charge on any atom is -0.496 e. The van der Waals surface area contributed by atoms with Crippen molar-refractivity contribution in [3.05, 3.63) is 22.8 Å². The first-order valence-corrected chi connectivity index (χ1v) is 9.09. The van der Waals surface area contributed by atoms with Crippen LogP contribution in [0, 0.1) is 0 Å². The van der Waals surface area contributed by atoms with Crippen LogP contribution in [0.15, 0.2) is 6.07 Å². The summed E-state index contributed by atoms with van der Waals surface area (Å²) in [6, 6.07) is 2.62. The highest BCUT2D eigenvalue weighted by atomic mass is 16.5. The predicted molar refractivity (Wildman–Crippen MR) is 97.1 cm³/mol. The van der Waals surface area contributed by atoms with Crippen LogP contribution >= 0.6 is 0 Å². The van der Waals surface area contributed by atoms with Crippen LogP contribution in [-0.2, 0) is 13.0 Å². The SMILES string of the molecule is CCC1c2c(OC)cc(CN3CCNCC3)c(OC)c2CCN1C. The maximum atomic E-state index is 5.90. The molecule has 134 valence electrons. The molecule has 0 bridgehead atoms. The summed E-state index contributed by atoms with van der Waals surface area (Å²) in [7, 11) is 5.80. The zero-order chi connectivity index (χ0) is 17.1. The van der Waals surface area contributed by atoms with Crippen molar-refractivity contribution >= 4 is 0 Å². The van der Waals surface area contributed by atoms with Crippen LogP contribution in [0.25, 0.3) is 0 Å². The van der Waals surface area contributed by atoms with Gasteiger partial charge in [-0.25, -0.2) is 0 Å². The van der Waals surface area contributed by atoms with E-state index in [2.05, 4.69) is 35.2 Å². The number of hydrogen-bond donors (Lipinski definition) is 1. The number of ether oxygens (including phenoxy) is 2. The molecular weight excluding hydrogens is 302 g/mol. The van der Waals surface area contributed by atoms with E-state index >= 15 is 0 Å². The first kappa shape index (κ1) is 17.5. The van der Waals surface area contributed by atoms with Crippen molar-refractivity contribution in [3.8, 4) is 11.5 Å². The van der Waals surface area contributed by atoms with E-state index in [9.17, 15) is 0 Å². The molecule has 5 nitrogen and oxygen atoms in total. The van der Waals surface area contributed by atoms with Crippen molar-refractivity contribution in [2.45, 2.75) is 32.4 Å². The summed E-state index contributed by atoms with van der Waals surface area (Å²) >= 11 is 0. The lowest BCUT2D eigenvalue weighted by molar-refractivity contribution is 0.212. The van der Waals surface area contributed by atoms with Gasteiger partial charge in [0.25, 0.3) is 0 Å². The molecular formula is C19H31N3O2. The third kappa shape index (κ3) is 3.25. The highest BCUT2D eigenvalue weighted by molar-refractivity contribution is 5.56. The van der Waals surface area contributed by atoms with Gasteiger partial charge in [-0.2, -0.15) is 0 Å². The minimum absolute atomic E-state index is 0.408. The first-order chi connectivity index (χ1) is 11.7. The monoisotopic (exact) mass is 333 g/mol. The van der Waals surface area contributed by atoms with Gasteiger partial charge in [0, 0.05) is 62.0 Å². The Balaban J connectivity index is 2.01. The average molecular weight is 333 g/mol. The van der Waals surface area contributed by atoms with Gasteiger partial charge in [-0.3, -0.25) is 9.80 Å². The maximum absolute atomic E-state index is 5.90. The molecule has 2 heterocycles. The lowest BCUT2D eigenvalue weighted by Crippen LogP contribution is -2.43. The maximum Gasteiger partial charge on any atom is 0.127 e. The third-order valence-electron chi connectivity index (χ3n) is 5.46. The molecule has 1 atom stereocenters. The lowest BCUT2D eigenvalue weighted by Gasteiger charge is -2.37. The zero-order valence-electron chi connectivity index (χ0n) is 15.5. The van der Waals surface area contributed by atoms with Crippen molar-refractivity contribution in [2.75, 3.05) is 54.0 Å². The Bertz CT molecular complexity index is 570. The summed E-state index contributed by atoms with van der Waals surface area (Å²) in [6.07, 6.45) is 2.11. The molecule has 1 fully saturated rings. The molecule has 0 aliphatic carbocycles. The number of benzene rings is 1. The predicted octanol–water partition coefficient (Wildman–Crippen LogP) is 2.05. The smallest absolute Gasteiger partial charge is 0.127 e. The molecule has 1 saturated heterocycles. The Labute approximate surface area is 145 Å². The Morgan fingerprint density at radius 2 is 1.92 bits per heavy atom. The van der Waals surface area contributed by atoms with Gasteiger partial charge in [-0.1, -0.05) is 6.92 Å². The van der Waals surface area contributed by atoms with Crippen molar-refractivity contribution in [2.24, 2.45) is 0 Å². The van der Waals surface area contributed by atoms with Gasteiger partial charge >= 0.3 is 0 Å². The second-order valence-corrected chi connectivity index (χ2v) is 6.84. The van der Waals surface area contributed by atoms with E-state index in [1.54, 1.807) is 7.11 Å². The second kappa shape index (κ2) is 7.72. The largest absolute Gasteiger partial charge is 0.496 e. The Morgan fingerprint density at radius 3 is 2.54 bits per heavy atom. The quantitative estimate of drug-likeness (QED) is 0.892. The van der Waals surface area contributed by atoms with Crippen LogP contribution in [-0.4, -0.2) is 63.8 Å². The highest BCUT2D eigenvalue weighted by Gasteiger charge is 2.31. The number of rotatable bonds is 5. The molecule has 1 N–H and O–H groups in total. The van der Waals surface area contributed by atoms with Crippen LogP contribution in [0.5, 0.6) is 11.5 Å². The van der Waals surface area contributed by atoms with E-state index in [1.165, 1.54) is 16.7 Å². The number of fused-ring (bicyclic) bond motifs is 1. The molecule has 0 amide bonds. The first-order valence-electron chi connectivity index (χ1n) is 9.09. The molecule has 0 spiro atoms. The second-order valence-electron chi connectivity index (χ2n) is 6.84. The van der Waals surface area contributed by atoms with E-state index in [0.29, 0.717) is 6.04 Å². The van der Waals surface area contributed by atoms with E-state index in [4.69, 9.17) is 9.47 Å². The number of methoxy groups -OCH3 is 2. The summed E-state index contributed by atoms with van der Waals surface area (Å²) < 4.78 is 11.7. The van der Waals surface area contributed by atoms with E-state index < -0.39 is 0 Å². The Morgan fingerprint density at radius 1 is 1.17 bits per heavy atom. The van der Waals surface area contributed by atoms with Gasteiger partial charge in [-0.05, 0) is 26.0 Å². The van der Waals surface area contributed by atoms with Crippen molar-refractivity contribution in [3.63, 3.8) is 0 Å². The summed E-state index contributed by atoms with van der Waals surface area (Å²) in [6.45, 7) is 8.55. The number of nitrogens with one attached hydrogen (secondary N) is 1. The summed E-state index contributed by atoms with van der Waals surface area (Å²) in [5.41, 5.74) is 3.94. The molecule has 1 unspecified atom stereocenters. The summed E-state index contributed by atoms with van der Waals surface area (Å²) in [4.78, 5) is 4.92. The van der Waals surface area contributed by atoms with Crippen LogP contribution in [0.4, 0.5) is 0 Å². The molecule has 3 rings (SSSR count). The molecule has 24 heavy (non-hydrogen) atoms. The van der Waals surface area contributed by atoms with Crippen molar-refractivity contribution in [1.82, 2.24) is 15.1 Å². The average Bonchev–Trinajstić information content (AvgIpc) is 2.62. The van der Waals surface area contributed by atoms with Gasteiger partial charge in [0.05, 0.1) is 14.2 Å². The zero-order valence-corrected chi connectivity index (χ0v) is 15.5. The van der Waals surface area contributed by atoms with Crippen LogP contribution in [0.2, 0.25) is 0 Å².